The van der Waals surface area contributed by atoms with Gasteiger partial charge in [0.05, 0.1) is 13.7 Å². The molecule has 0 radical (unpaired) electrons. The molecule has 1 fully saturated rings. The quantitative estimate of drug-likeness (QED) is 0.383. The Labute approximate surface area is 178 Å². The molecule has 146 valence electrons. The van der Waals surface area contributed by atoms with Gasteiger partial charge in [-0.05, 0) is 49.6 Å². The number of nitrogens with zero attached hydrogens (tertiary/aromatic N) is 3. The molecule has 0 unspecified atom stereocenters. The summed E-state index contributed by atoms with van der Waals surface area (Å²) in [6, 6.07) is 11.3. The average molecular weight is 482 g/mol. The van der Waals surface area contributed by atoms with Crippen LogP contribution in [0, 0.1) is 0 Å². The molecule has 0 aliphatic carbocycles. The number of guanidine groups is 1. The zero-order valence-corrected chi connectivity index (χ0v) is 18.2. The molecular weight excluding hydrogens is 455 g/mol. The fourth-order valence-electron chi connectivity index (χ4n) is 2.85. The molecular formula is C20H27IN4O2. The normalized spacial score (nSPS) is 13.9. The maximum absolute atomic E-state index is 5.76. The van der Waals surface area contributed by atoms with Crippen LogP contribution in [0.5, 0.6) is 17.4 Å². The molecule has 1 aromatic heterocycles. The maximum Gasteiger partial charge on any atom is 0.219 e. The molecule has 0 saturated carbocycles. The Morgan fingerprint density at radius 1 is 1.11 bits per heavy atom. The van der Waals surface area contributed by atoms with Gasteiger partial charge < -0.3 is 19.7 Å². The van der Waals surface area contributed by atoms with Crippen LogP contribution in [-0.2, 0) is 6.54 Å². The first kappa shape index (κ1) is 21.3. The summed E-state index contributed by atoms with van der Waals surface area (Å²) < 4.78 is 10.9. The van der Waals surface area contributed by atoms with Gasteiger partial charge in [0, 0.05) is 31.9 Å². The average Bonchev–Trinajstić information content (AvgIpc) is 3.21. The highest BCUT2D eigenvalue weighted by Crippen LogP contribution is 2.22. The van der Waals surface area contributed by atoms with Crippen LogP contribution in [0.25, 0.3) is 0 Å². The van der Waals surface area contributed by atoms with Gasteiger partial charge in [-0.25, -0.2) is 9.98 Å². The van der Waals surface area contributed by atoms with Gasteiger partial charge in [-0.3, -0.25) is 0 Å². The van der Waals surface area contributed by atoms with Crippen LogP contribution >= 0.6 is 24.0 Å². The summed E-state index contributed by atoms with van der Waals surface area (Å²) in [6.07, 6.45) is 4.29. The number of likely N-dealkylation sites (tertiary alicyclic amines) is 1. The number of methoxy groups -OCH3 is 1. The van der Waals surface area contributed by atoms with Crippen molar-refractivity contribution in [2.75, 3.05) is 26.7 Å². The Hall–Kier alpha value is -2.03. The molecule has 1 N–H and O–H groups in total. The summed E-state index contributed by atoms with van der Waals surface area (Å²) in [7, 11) is 1.64. The van der Waals surface area contributed by atoms with Crippen molar-refractivity contribution in [1.82, 2.24) is 15.2 Å². The van der Waals surface area contributed by atoms with E-state index in [1.807, 2.05) is 42.6 Å². The first-order chi connectivity index (χ1) is 12.8. The number of halogens is 1. The van der Waals surface area contributed by atoms with Crippen molar-refractivity contribution in [3.63, 3.8) is 0 Å². The zero-order chi connectivity index (χ0) is 18.2. The van der Waals surface area contributed by atoms with Gasteiger partial charge in [-0.2, -0.15) is 0 Å². The highest BCUT2D eigenvalue weighted by molar-refractivity contribution is 14.0. The van der Waals surface area contributed by atoms with E-state index >= 15 is 0 Å². The SMILES string of the molecule is CCNC(=NCc1ccc(Oc2ccc(OC)cc2)nc1)N1CCCC1.I. The number of rotatable bonds is 6. The highest BCUT2D eigenvalue weighted by Gasteiger charge is 2.15. The van der Waals surface area contributed by atoms with Gasteiger partial charge in [0.2, 0.25) is 5.88 Å². The molecule has 1 saturated heterocycles. The third-order valence-electron chi connectivity index (χ3n) is 4.23. The van der Waals surface area contributed by atoms with Gasteiger partial charge in [-0.1, -0.05) is 6.07 Å². The summed E-state index contributed by atoms with van der Waals surface area (Å²) in [4.78, 5) is 11.4. The molecule has 27 heavy (non-hydrogen) atoms. The zero-order valence-electron chi connectivity index (χ0n) is 15.9. The van der Waals surface area contributed by atoms with Gasteiger partial charge in [0.25, 0.3) is 0 Å². The Morgan fingerprint density at radius 3 is 2.41 bits per heavy atom. The molecule has 3 rings (SSSR count). The summed E-state index contributed by atoms with van der Waals surface area (Å²) in [5.74, 6) is 3.08. The second-order valence-corrected chi connectivity index (χ2v) is 6.15. The van der Waals surface area contributed by atoms with Gasteiger partial charge >= 0.3 is 0 Å². The Kier molecular flexibility index (Phi) is 8.63. The molecule has 2 heterocycles. The summed E-state index contributed by atoms with van der Waals surface area (Å²) in [5, 5.41) is 3.37. The molecule has 0 spiro atoms. The summed E-state index contributed by atoms with van der Waals surface area (Å²) >= 11 is 0. The van der Waals surface area contributed by atoms with Crippen LogP contribution in [-0.4, -0.2) is 42.6 Å². The lowest BCUT2D eigenvalue weighted by Crippen LogP contribution is -2.39. The lowest BCUT2D eigenvalue weighted by atomic mass is 10.3. The molecule has 1 aliphatic heterocycles. The van der Waals surface area contributed by atoms with Crippen LogP contribution in [0.2, 0.25) is 0 Å². The van der Waals surface area contributed by atoms with E-state index in [-0.39, 0.29) is 24.0 Å². The lowest BCUT2D eigenvalue weighted by molar-refractivity contribution is 0.412. The Morgan fingerprint density at radius 2 is 1.81 bits per heavy atom. The highest BCUT2D eigenvalue weighted by atomic mass is 127. The van der Waals surface area contributed by atoms with Crippen molar-refractivity contribution in [3.05, 3.63) is 48.2 Å². The third kappa shape index (κ3) is 6.27. The number of hydrogen-bond donors (Lipinski definition) is 1. The fraction of sp³-hybridized carbons (Fsp3) is 0.400. The first-order valence-corrected chi connectivity index (χ1v) is 9.08. The number of aromatic nitrogens is 1. The summed E-state index contributed by atoms with van der Waals surface area (Å²) in [5.41, 5.74) is 1.06. The van der Waals surface area contributed by atoms with E-state index in [4.69, 9.17) is 14.5 Å². The minimum atomic E-state index is 0. The standard InChI is InChI=1S/C20H26N4O2.HI/c1-3-21-20(24-12-4-5-13-24)23-15-16-6-11-19(22-14-16)26-18-9-7-17(25-2)8-10-18;/h6-11,14H,3-5,12-13,15H2,1-2H3,(H,21,23);1H. The van der Waals surface area contributed by atoms with Crippen LogP contribution in [0.15, 0.2) is 47.6 Å². The van der Waals surface area contributed by atoms with Gasteiger partial charge in [0.15, 0.2) is 5.96 Å². The number of benzene rings is 1. The smallest absolute Gasteiger partial charge is 0.219 e. The minimum Gasteiger partial charge on any atom is -0.497 e. The molecule has 2 aromatic rings. The van der Waals surface area contributed by atoms with Gasteiger partial charge in [-0.15, -0.1) is 24.0 Å². The number of aliphatic imine (C=N–C) groups is 1. The molecule has 7 heteroatoms. The fourth-order valence-corrected chi connectivity index (χ4v) is 2.85. The van der Waals surface area contributed by atoms with E-state index in [1.165, 1.54) is 12.8 Å². The lowest BCUT2D eigenvalue weighted by Gasteiger charge is -2.20. The Bertz CT molecular complexity index is 714. The van der Waals surface area contributed by atoms with E-state index in [2.05, 4.69) is 22.1 Å². The van der Waals surface area contributed by atoms with E-state index < -0.39 is 0 Å². The largest absolute Gasteiger partial charge is 0.497 e. The van der Waals surface area contributed by atoms with E-state index in [1.54, 1.807) is 7.11 Å². The topological polar surface area (TPSA) is 59.0 Å². The van der Waals surface area contributed by atoms with E-state index in [9.17, 15) is 0 Å². The number of nitrogens with one attached hydrogen (secondary N) is 1. The van der Waals surface area contributed by atoms with Crippen LogP contribution in [0.1, 0.15) is 25.3 Å². The second-order valence-electron chi connectivity index (χ2n) is 6.15. The van der Waals surface area contributed by atoms with E-state index in [0.29, 0.717) is 12.4 Å². The monoisotopic (exact) mass is 482 g/mol. The van der Waals surface area contributed by atoms with E-state index in [0.717, 1.165) is 42.7 Å². The van der Waals surface area contributed by atoms with Crippen molar-refractivity contribution in [1.29, 1.82) is 0 Å². The predicted molar refractivity (Wildman–Crippen MR) is 118 cm³/mol. The second kappa shape index (κ2) is 11.0. The van der Waals surface area contributed by atoms with Crippen molar-refractivity contribution in [3.8, 4) is 17.4 Å². The molecule has 1 aliphatic rings. The molecule has 0 atom stereocenters. The summed E-state index contributed by atoms with van der Waals surface area (Å²) in [6.45, 7) is 5.74. The maximum atomic E-state index is 5.76. The van der Waals surface area contributed by atoms with Crippen molar-refractivity contribution in [2.24, 2.45) is 4.99 Å². The van der Waals surface area contributed by atoms with Crippen molar-refractivity contribution < 1.29 is 9.47 Å². The van der Waals surface area contributed by atoms with Crippen LogP contribution < -0.4 is 14.8 Å². The molecule has 0 bridgehead atoms. The van der Waals surface area contributed by atoms with Crippen molar-refractivity contribution in [2.45, 2.75) is 26.3 Å². The number of hydrogen-bond acceptors (Lipinski definition) is 4. The minimum absolute atomic E-state index is 0. The van der Waals surface area contributed by atoms with Crippen LogP contribution in [0.4, 0.5) is 0 Å². The number of ether oxygens (including phenoxy) is 2. The predicted octanol–water partition coefficient (Wildman–Crippen LogP) is 4.06. The molecule has 1 aromatic carbocycles. The Balaban J connectivity index is 0.00000261. The molecule has 0 amide bonds. The third-order valence-corrected chi connectivity index (χ3v) is 4.23. The number of pyridine rings is 1. The first-order valence-electron chi connectivity index (χ1n) is 9.08. The van der Waals surface area contributed by atoms with Crippen LogP contribution in [0.3, 0.4) is 0 Å². The van der Waals surface area contributed by atoms with Crippen molar-refractivity contribution >= 4 is 29.9 Å². The van der Waals surface area contributed by atoms with Gasteiger partial charge in [0.1, 0.15) is 11.5 Å². The molecule has 6 nitrogen and oxygen atoms in total.